The number of benzene rings is 1. The zero-order chi connectivity index (χ0) is 15.9. The van der Waals surface area contributed by atoms with Crippen LogP contribution in [0.2, 0.25) is 0 Å². The Morgan fingerprint density at radius 2 is 2.14 bits per heavy atom. The lowest BCUT2D eigenvalue weighted by molar-refractivity contribution is -0.384. The SMILES string of the molecule is N#C/C(=C/Nc1nccs1)C(=O)Nc1ccc([N+](=O)[O-])cc1. The third kappa shape index (κ3) is 3.87. The molecule has 0 saturated carbocycles. The fraction of sp³-hybridized carbons (Fsp3) is 0. The Bertz CT molecular complexity index is 747. The number of non-ortho nitro benzene ring substituents is 1. The average molecular weight is 315 g/mol. The van der Waals surface area contributed by atoms with Crippen LogP contribution in [0.25, 0.3) is 0 Å². The molecule has 0 aliphatic heterocycles. The van der Waals surface area contributed by atoms with Crippen LogP contribution in [0.5, 0.6) is 0 Å². The Kier molecular flexibility index (Phi) is 4.79. The number of aromatic nitrogens is 1. The molecule has 2 rings (SSSR count). The summed E-state index contributed by atoms with van der Waals surface area (Å²) in [4.78, 5) is 25.9. The van der Waals surface area contributed by atoms with E-state index in [1.165, 1.54) is 41.8 Å². The van der Waals surface area contributed by atoms with Crippen molar-refractivity contribution in [2.75, 3.05) is 10.6 Å². The van der Waals surface area contributed by atoms with Crippen LogP contribution in [0.4, 0.5) is 16.5 Å². The van der Waals surface area contributed by atoms with Crippen LogP contribution in [0.3, 0.4) is 0 Å². The van der Waals surface area contributed by atoms with E-state index in [9.17, 15) is 14.9 Å². The number of nitrogens with zero attached hydrogens (tertiary/aromatic N) is 3. The number of amides is 1. The normalized spacial score (nSPS) is 10.6. The summed E-state index contributed by atoms with van der Waals surface area (Å²) in [5.74, 6) is -0.625. The molecule has 1 heterocycles. The lowest BCUT2D eigenvalue weighted by Gasteiger charge is -2.04. The van der Waals surface area contributed by atoms with Gasteiger partial charge in [-0.05, 0) is 12.1 Å². The Balaban J connectivity index is 2.04. The number of rotatable bonds is 5. The van der Waals surface area contributed by atoms with Crippen molar-refractivity contribution in [1.82, 2.24) is 4.98 Å². The van der Waals surface area contributed by atoms with Gasteiger partial charge in [-0.15, -0.1) is 11.3 Å². The molecule has 1 aromatic heterocycles. The highest BCUT2D eigenvalue weighted by molar-refractivity contribution is 7.13. The van der Waals surface area contributed by atoms with E-state index in [0.29, 0.717) is 10.8 Å². The van der Waals surface area contributed by atoms with E-state index in [4.69, 9.17) is 5.26 Å². The third-order valence-electron chi connectivity index (χ3n) is 2.47. The van der Waals surface area contributed by atoms with Crippen molar-refractivity contribution in [3.63, 3.8) is 0 Å². The molecule has 0 radical (unpaired) electrons. The minimum atomic E-state index is -0.625. The number of nitro benzene ring substituents is 1. The molecule has 8 nitrogen and oxygen atoms in total. The lowest BCUT2D eigenvalue weighted by Crippen LogP contribution is -2.14. The van der Waals surface area contributed by atoms with Crippen LogP contribution in [0.15, 0.2) is 47.6 Å². The first-order valence-corrected chi connectivity index (χ1v) is 6.80. The Morgan fingerprint density at radius 1 is 1.41 bits per heavy atom. The van der Waals surface area contributed by atoms with Crippen LogP contribution in [-0.4, -0.2) is 15.8 Å². The Labute approximate surface area is 128 Å². The largest absolute Gasteiger partial charge is 0.337 e. The van der Waals surface area contributed by atoms with E-state index >= 15 is 0 Å². The Hall–Kier alpha value is -3.25. The number of anilines is 2. The molecule has 0 spiro atoms. The van der Waals surface area contributed by atoms with Crippen molar-refractivity contribution in [3.8, 4) is 6.07 Å². The smallest absolute Gasteiger partial charge is 0.269 e. The van der Waals surface area contributed by atoms with Gasteiger partial charge in [0.15, 0.2) is 5.13 Å². The van der Waals surface area contributed by atoms with E-state index in [-0.39, 0.29) is 11.3 Å². The quantitative estimate of drug-likeness (QED) is 0.378. The van der Waals surface area contributed by atoms with E-state index in [1.54, 1.807) is 17.6 Å². The molecule has 1 aromatic carbocycles. The molecular formula is C13H9N5O3S. The van der Waals surface area contributed by atoms with Gasteiger partial charge in [-0.3, -0.25) is 14.9 Å². The molecule has 0 atom stereocenters. The van der Waals surface area contributed by atoms with Gasteiger partial charge in [0.1, 0.15) is 11.6 Å². The minimum absolute atomic E-state index is 0.0838. The van der Waals surface area contributed by atoms with Gasteiger partial charge in [-0.1, -0.05) is 0 Å². The number of carbonyl (C=O) groups is 1. The van der Waals surface area contributed by atoms with Crippen molar-refractivity contribution in [2.45, 2.75) is 0 Å². The maximum Gasteiger partial charge on any atom is 0.269 e. The van der Waals surface area contributed by atoms with Gasteiger partial charge in [-0.2, -0.15) is 5.26 Å². The summed E-state index contributed by atoms with van der Waals surface area (Å²) < 4.78 is 0. The number of nitriles is 1. The molecule has 9 heteroatoms. The molecule has 0 fully saturated rings. The second-order valence-electron chi connectivity index (χ2n) is 3.91. The van der Waals surface area contributed by atoms with Crippen LogP contribution in [0.1, 0.15) is 0 Å². The van der Waals surface area contributed by atoms with Crippen LogP contribution in [0, 0.1) is 21.4 Å². The zero-order valence-electron chi connectivity index (χ0n) is 11.0. The number of hydrogen-bond acceptors (Lipinski definition) is 7. The zero-order valence-corrected chi connectivity index (χ0v) is 11.8. The molecule has 2 aromatic rings. The van der Waals surface area contributed by atoms with Crippen LogP contribution < -0.4 is 10.6 Å². The summed E-state index contributed by atoms with van der Waals surface area (Å²) in [5.41, 5.74) is 0.124. The van der Waals surface area contributed by atoms with Gasteiger partial charge < -0.3 is 10.6 Å². The maximum atomic E-state index is 11.9. The van der Waals surface area contributed by atoms with E-state index in [2.05, 4.69) is 15.6 Å². The van der Waals surface area contributed by atoms with Gasteiger partial charge in [0.25, 0.3) is 11.6 Å². The molecule has 0 aliphatic carbocycles. The highest BCUT2D eigenvalue weighted by atomic mass is 32.1. The summed E-state index contributed by atoms with van der Waals surface area (Å²) in [6.45, 7) is 0. The first-order valence-electron chi connectivity index (χ1n) is 5.92. The average Bonchev–Trinajstić information content (AvgIpc) is 3.01. The van der Waals surface area contributed by atoms with Crippen molar-refractivity contribution < 1.29 is 9.72 Å². The van der Waals surface area contributed by atoms with Crippen molar-refractivity contribution in [3.05, 3.63) is 57.7 Å². The molecule has 0 unspecified atom stereocenters. The fourth-order valence-electron chi connectivity index (χ4n) is 1.44. The van der Waals surface area contributed by atoms with Gasteiger partial charge in [-0.25, -0.2) is 4.98 Å². The molecule has 0 aliphatic rings. The second kappa shape index (κ2) is 6.96. The monoisotopic (exact) mass is 315 g/mol. The molecule has 0 bridgehead atoms. The number of thiazole rings is 1. The van der Waals surface area contributed by atoms with Crippen molar-refractivity contribution in [1.29, 1.82) is 5.26 Å². The minimum Gasteiger partial charge on any atom is -0.337 e. The highest BCUT2D eigenvalue weighted by Crippen LogP contribution is 2.16. The topological polar surface area (TPSA) is 121 Å². The second-order valence-corrected chi connectivity index (χ2v) is 4.80. The summed E-state index contributed by atoms with van der Waals surface area (Å²) in [6, 6.07) is 7.07. The van der Waals surface area contributed by atoms with Crippen LogP contribution >= 0.6 is 11.3 Å². The predicted octanol–water partition coefficient (Wildman–Crippen LogP) is 2.51. The van der Waals surface area contributed by atoms with Crippen molar-refractivity contribution in [2.24, 2.45) is 0 Å². The van der Waals surface area contributed by atoms with E-state index in [1.807, 2.05) is 0 Å². The van der Waals surface area contributed by atoms with Crippen molar-refractivity contribution >= 4 is 33.8 Å². The van der Waals surface area contributed by atoms with E-state index in [0.717, 1.165) is 0 Å². The molecule has 0 saturated heterocycles. The number of nitrogens with one attached hydrogen (secondary N) is 2. The summed E-state index contributed by atoms with van der Waals surface area (Å²) in [7, 11) is 0. The highest BCUT2D eigenvalue weighted by Gasteiger charge is 2.11. The maximum absolute atomic E-state index is 11.9. The summed E-state index contributed by atoms with van der Waals surface area (Å²) >= 11 is 1.32. The number of carbonyl (C=O) groups excluding carboxylic acids is 1. The first kappa shape index (κ1) is 15.1. The standard InChI is InChI=1S/C13H9N5O3S/c14-7-9(8-16-13-15-5-6-22-13)12(19)17-10-1-3-11(4-2-10)18(20)21/h1-6,8H,(H,15,16)(H,17,19)/b9-8-. The number of hydrogen-bond donors (Lipinski definition) is 2. The Morgan fingerprint density at radius 3 is 2.68 bits per heavy atom. The molecule has 110 valence electrons. The van der Waals surface area contributed by atoms with Crippen LogP contribution in [-0.2, 0) is 4.79 Å². The summed E-state index contributed by atoms with van der Waals surface area (Å²) in [6.07, 6.45) is 2.84. The van der Waals surface area contributed by atoms with Gasteiger partial charge in [0, 0.05) is 35.6 Å². The molecular weight excluding hydrogens is 306 g/mol. The lowest BCUT2D eigenvalue weighted by atomic mass is 10.2. The summed E-state index contributed by atoms with van der Waals surface area (Å²) in [5, 5.41) is 27.1. The third-order valence-corrected chi connectivity index (χ3v) is 3.18. The van der Waals surface area contributed by atoms with Gasteiger partial charge >= 0.3 is 0 Å². The molecule has 1 amide bonds. The molecule has 2 N–H and O–H groups in total. The first-order chi connectivity index (χ1) is 10.6. The predicted molar refractivity (Wildman–Crippen MR) is 81.2 cm³/mol. The van der Waals surface area contributed by atoms with E-state index < -0.39 is 10.8 Å². The molecule has 22 heavy (non-hydrogen) atoms. The fourth-order valence-corrected chi connectivity index (χ4v) is 1.94. The van der Waals surface area contributed by atoms with Gasteiger partial charge in [0.2, 0.25) is 0 Å². The van der Waals surface area contributed by atoms with Gasteiger partial charge in [0.05, 0.1) is 4.92 Å². The number of nitro groups is 1.